The SMILES string of the molecule is COCCOc1ccccc1C(=O)NC(=S)NNC(=O)CCCOc1ccc(Cl)cc1Cl. The second-order valence-corrected chi connectivity index (χ2v) is 7.57. The van der Waals surface area contributed by atoms with Gasteiger partial charge in [-0.15, -0.1) is 0 Å². The Morgan fingerprint density at radius 1 is 0.969 bits per heavy atom. The van der Waals surface area contributed by atoms with Crippen molar-refractivity contribution in [1.29, 1.82) is 0 Å². The third-order valence-corrected chi connectivity index (χ3v) is 4.65. The number of methoxy groups -OCH3 is 1. The molecule has 0 aliphatic rings. The van der Waals surface area contributed by atoms with E-state index >= 15 is 0 Å². The van der Waals surface area contributed by atoms with Crippen molar-refractivity contribution >= 4 is 52.3 Å². The van der Waals surface area contributed by atoms with E-state index in [2.05, 4.69) is 16.2 Å². The molecular formula is C21H23Cl2N3O5S. The van der Waals surface area contributed by atoms with Crippen LogP contribution >= 0.6 is 35.4 Å². The van der Waals surface area contributed by atoms with Gasteiger partial charge in [0.2, 0.25) is 5.91 Å². The lowest BCUT2D eigenvalue weighted by molar-refractivity contribution is -0.121. The molecule has 0 heterocycles. The summed E-state index contributed by atoms with van der Waals surface area (Å²) in [6.45, 7) is 0.975. The molecule has 0 fully saturated rings. The molecule has 0 aliphatic carbocycles. The lowest BCUT2D eigenvalue weighted by atomic mass is 10.2. The molecule has 0 spiro atoms. The number of nitrogens with one attached hydrogen (secondary N) is 3. The Kier molecular flexibility index (Phi) is 11.0. The minimum Gasteiger partial charge on any atom is -0.492 e. The predicted molar refractivity (Wildman–Crippen MR) is 126 cm³/mol. The van der Waals surface area contributed by atoms with E-state index in [4.69, 9.17) is 49.6 Å². The fraction of sp³-hybridized carbons (Fsp3) is 0.286. The van der Waals surface area contributed by atoms with Gasteiger partial charge in [-0.25, -0.2) is 0 Å². The Hall–Kier alpha value is -2.59. The van der Waals surface area contributed by atoms with E-state index in [0.717, 1.165) is 0 Å². The second kappa shape index (κ2) is 13.7. The quantitative estimate of drug-likeness (QED) is 0.261. The molecule has 2 amide bonds. The number of ether oxygens (including phenoxy) is 3. The van der Waals surface area contributed by atoms with E-state index in [9.17, 15) is 9.59 Å². The average Bonchev–Trinajstić information content (AvgIpc) is 2.77. The first-order valence-corrected chi connectivity index (χ1v) is 10.8. The number of carbonyl (C=O) groups excluding carboxylic acids is 2. The van der Waals surface area contributed by atoms with Gasteiger partial charge in [0.25, 0.3) is 5.91 Å². The van der Waals surface area contributed by atoms with E-state index in [1.54, 1.807) is 49.6 Å². The molecule has 172 valence electrons. The maximum atomic E-state index is 12.4. The molecule has 3 N–H and O–H groups in total. The minimum absolute atomic E-state index is 0.0563. The summed E-state index contributed by atoms with van der Waals surface area (Å²) in [6.07, 6.45) is 0.614. The van der Waals surface area contributed by atoms with Gasteiger partial charge in [0, 0.05) is 18.6 Å². The van der Waals surface area contributed by atoms with E-state index < -0.39 is 5.91 Å². The zero-order valence-corrected chi connectivity index (χ0v) is 19.6. The lowest BCUT2D eigenvalue weighted by Gasteiger charge is -2.13. The molecular weight excluding hydrogens is 477 g/mol. The van der Waals surface area contributed by atoms with Gasteiger partial charge >= 0.3 is 0 Å². The number of para-hydroxylation sites is 1. The Bertz CT molecular complexity index is 945. The van der Waals surface area contributed by atoms with Crippen molar-refractivity contribution in [3.8, 4) is 11.5 Å². The first-order chi connectivity index (χ1) is 15.4. The maximum absolute atomic E-state index is 12.4. The van der Waals surface area contributed by atoms with Gasteiger partial charge in [-0.3, -0.25) is 25.8 Å². The topological polar surface area (TPSA) is 97.9 Å². The smallest absolute Gasteiger partial charge is 0.261 e. The maximum Gasteiger partial charge on any atom is 0.261 e. The van der Waals surface area contributed by atoms with Crippen molar-refractivity contribution in [2.75, 3.05) is 26.9 Å². The van der Waals surface area contributed by atoms with Crippen molar-refractivity contribution in [2.45, 2.75) is 12.8 Å². The van der Waals surface area contributed by atoms with Crippen molar-refractivity contribution in [2.24, 2.45) is 0 Å². The number of hydrazine groups is 1. The Morgan fingerprint density at radius 3 is 2.47 bits per heavy atom. The molecule has 32 heavy (non-hydrogen) atoms. The number of carbonyl (C=O) groups is 2. The van der Waals surface area contributed by atoms with Crippen LogP contribution in [0.4, 0.5) is 0 Å². The predicted octanol–water partition coefficient (Wildman–Crippen LogP) is 3.51. The summed E-state index contributed by atoms with van der Waals surface area (Å²) in [5, 5.41) is 3.34. The van der Waals surface area contributed by atoms with Crippen molar-refractivity contribution in [1.82, 2.24) is 16.2 Å². The second-order valence-electron chi connectivity index (χ2n) is 6.32. The third-order valence-electron chi connectivity index (χ3n) is 3.92. The fourth-order valence-corrected chi connectivity index (χ4v) is 3.02. The van der Waals surface area contributed by atoms with E-state index in [-0.39, 0.29) is 24.0 Å². The standard InChI is InChI=1S/C21H23Cl2N3O5S/c1-29-11-12-31-17-6-3-2-5-15(17)20(28)24-21(32)26-25-19(27)7-4-10-30-18-9-8-14(22)13-16(18)23/h2-3,5-6,8-9,13H,4,7,10-12H2,1H3,(H,25,27)(H2,24,26,28,32). The average molecular weight is 500 g/mol. The van der Waals surface area contributed by atoms with Crippen LogP contribution in [0.3, 0.4) is 0 Å². The molecule has 11 heteroatoms. The molecule has 0 radical (unpaired) electrons. The molecule has 2 aromatic carbocycles. The monoisotopic (exact) mass is 499 g/mol. The van der Waals surface area contributed by atoms with Gasteiger partial charge in [0.1, 0.15) is 18.1 Å². The first-order valence-electron chi connectivity index (χ1n) is 9.59. The molecule has 0 bridgehead atoms. The summed E-state index contributed by atoms with van der Waals surface area (Å²) >= 11 is 16.9. The molecule has 8 nitrogen and oxygen atoms in total. The normalized spacial score (nSPS) is 10.2. The van der Waals surface area contributed by atoms with Crippen LogP contribution in [-0.4, -0.2) is 43.9 Å². The number of benzene rings is 2. The van der Waals surface area contributed by atoms with Crippen LogP contribution in [0.5, 0.6) is 11.5 Å². The third kappa shape index (κ3) is 8.88. The largest absolute Gasteiger partial charge is 0.492 e. The van der Waals surface area contributed by atoms with Crippen LogP contribution < -0.4 is 25.6 Å². The van der Waals surface area contributed by atoms with Gasteiger partial charge in [-0.05, 0) is 49.0 Å². The Labute approximate surface area is 201 Å². The van der Waals surface area contributed by atoms with Crippen LogP contribution in [-0.2, 0) is 9.53 Å². The van der Waals surface area contributed by atoms with Gasteiger partial charge in [-0.1, -0.05) is 35.3 Å². The highest BCUT2D eigenvalue weighted by Gasteiger charge is 2.14. The molecule has 0 aromatic heterocycles. The van der Waals surface area contributed by atoms with Gasteiger partial charge in [-0.2, -0.15) is 0 Å². The summed E-state index contributed by atoms with van der Waals surface area (Å²) in [7, 11) is 1.56. The Balaban J connectivity index is 1.70. The van der Waals surface area contributed by atoms with Crippen LogP contribution in [0.2, 0.25) is 10.0 Å². The van der Waals surface area contributed by atoms with Gasteiger partial charge in [0.05, 0.1) is 23.8 Å². The van der Waals surface area contributed by atoms with Crippen LogP contribution in [0, 0.1) is 0 Å². The molecule has 0 unspecified atom stereocenters. The molecule has 2 rings (SSSR count). The number of hydrogen-bond acceptors (Lipinski definition) is 6. The number of hydrogen-bond donors (Lipinski definition) is 3. The summed E-state index contributed by atoms with van der Waals surface area (Å²) < 4.78 is 16.0. The summed E-state index contributed by atoms with van der Waals surface area (Å²) in [4.78, 5) is 24.4. The summed E-state index contributed by atoms with van der Waals surface area (Å²) in [5.74, 6) is 0.0911. The minimum atomic E-state index is -0.474. The van der Waals surface area contributed by atoms with Crippen LogP contribution in [0.25, 0.3) is 0 Å². The van der Waals surface area contributed by atoms with Crippen LogP contribution in [0.15, 0.2) is 42.5 Å². The highest BCUT2D eigenvalue weighted by atomic mass is 35.5. The number of rotatable bonds is 10. The molecule has 0 saturated heterocycles. The zero-order valence-electron chi connectivity index (χ0n) is 17.3. The fourth-order valence-electron chi connectivity index (χ4n) is 2.41. The van der Waals surface area contributed by atoms with E-state index in [0.29, 0.717) is 46.7 Å². The first kappa shape index (κ1) is 25.7. The van der Waals surface area contributed by atoms with Crippen molar-refractivity contribution in [3.05, 3.63) is 58.1 Å². The number of halogens is 2. The summed E-state index contributed by atoms with van der Waals surface area (Å²) in [5.41, 5.74) is 5.22. The van der Waals surface area contributed by atoms with Gasteiger partial charge < -0.3 is 14.2 Å². The molecule has 0 aliphatic heterocycles. The van der Waals surface area contributed by atoms with E-state index in [1.807, 2.05) is 0 Å². The van der Waals surface area contributed by atoms with Gasteiger partial charge in [0.15, 0.2) is 5.11 Å². The highest BCUT2D eigenvalue weighted by Crippen LogP contribution is 2.27. The molecule has 0 atom stereocenters. The van der Waals surface area contributed by atoms with Crippen molar-refractivity contribution in [3.63, 3.8) is 0 Å². The van der Waals surface area contributed by atoms with E-state index in [1.165, 1.54) is 0 Å². The van der Waals surface area contributed by atoms with Crippen molar-refractivity contribution < 1.29 is 23.8 Å². The summed E-state index contributed by atoms with van der Waals surface area (Å²) in [6, 6.07) is 11.6. The molecule has 0 saturated carbocycles. The highest BCUT2D eigenvalue weighted by molar-refractivity contribution is 7.80. The molecule has 2 aromatic rings. The number of amides is 2. The lowest BCUT2D eigenvalue weighted by Crippen LogP contribution is -2.48. The zero-order chi connectivity index (χ0) is 23.3. The van der Waals surface area contributed by atoms with Crippen LogP contribution in [0.1, 0.15) is 23.2 Å². The Morgan fingerprint density at radius 2 is 1.72 bits per heavy atom. The number of thiocarbonyl (C=S) groups is 1.